The van der Waals surface area contributed by atoms with Crippen LogP contribution in [-0.2, 0) is 4.79 Å². The molecule has 0 N–H and O–H groups in total. The number of hydrogen-bond donors (Lipinski definition) is 0. The molecule has 168 valence electrons. The van der Waals surface area contributed by atoms with Gasteiger partial charge in [-0.1, -0.05) is 60.4 Å². The molecule has 5 aromatic rings. The highest BCUT2D eigenvalue weighted by Gasteiger charge is 2.17. The molecule has 5 rings (SSSR count). The molecule has 0 unspecified atom stereocenters. The first kappa shape index (κ1) is 21.5. The second-order valence-corrected chi connectivity index (χ2v) is 8.51. The molecule has 0 spiro atoms. The SMILES string of the molecule is C=CCOc1ccc(/C=c2/sc3nc(-c4cc5ccccc5cc4OC(C)=O)nn3c2=O)cc1. The molecule has 3 aromatic carbocycles. The van der Waals surface area contributed by atoms with Crippen LogP contribution in [0.3, 0.4) is 0 Å². The van der Waals surface area contributed by atoms with Crippen molar-refractivity contribution in [1.82, 2.24) is 14.6 Å². The third kappa shape index (κ3) is 4.18. The molecular weight excluding hydrogens is 450 g/mol. The van der Waals surface area contributed by atoms with Gasteiger partial charge in [-0.3, -0.25) is 9.59 Å². The first-order valence-electron chi connectivity index (χ1n) is 10.5. The minimum atomic E-state index is -0.445. The Hall–Kier alpha value is -4.30. The molecule has 0 saturated carbocycles. The van der Waals surface area contributed by atoms with Crippen molar-refractivity contribution in [2.45, 2.75) is 6.92 Å². The number of esters is 1. The summed E-state index contributed by atoms with van der Waals surface area (Å²) in [6, 6.07) is 18.8. The molecule has 0 aliphatic heterocycles. The molecule has 0 radical (unpaired) electrons. The van der Waals surface area contributed by atoms with Crippen molar-refractivity contribution < 1.29 is 14.3 Å². The predicted octanol–water partition coefficient (Wildman–Crippen LogP) is 4.01. The summed E-state index contributed by atoms with van der Waals surface area (Å²) in [4.78, 5) is 29.7. The zero-order valence-electron chi connectivity index (χ0n) is 18.2. The molecule has 7 nitrogen and oxygen atoms in total. The van der Waals surface area contributed by atoms with Crippen molar-refractivity contribution in [3.63, 3.8) is 0 Å². The van der Waals surface area contributed by atoms with Crippen molar-refractivity contribution in [3.05, 3.63) is 93.8 Å². The number of aromatic nitrogens is 3. The second kappa shape index (κ2) is 8.92. The van der Waals surface area contributed by atoms with E-state index in [9.17, 15) is 9.59 Å². The van der Waals surface area contributed by atoms with Gasteiger partial charge in [-0.2, -0.15) is 9.50 Å². The van der Waals surface area contributed by atoms with Crippen LogP contribution in [0.1, 0.15) is 12.5 Å². The summed E-state index contributed by atoms with van der Waals surface area (Å²) < 4.78 is 12.7. The van der Waals surface area contributed by atoms with Gasteiger partial charge in [0, 0.05) is 6.92 Å². The van der Waals surface area contributed by atoms with E-state index in [4.69, 9.17) is 9.47 Å². The maximum Gasteiger partial charge on any atom is 0.308 e. The summed E-state index contributed by atoms with van der Waals surface area (Å²) in [6.07, 6.45) is 3.47. The number of thiazole rings is 1. The molecule has 2 heterocycles. The van der Waals surface area contributed by atoms with Gasteiger partial charge in [-0.25, -0.2) is 0 Å². The minimum Gasteiger partial charge on any atom is -0.490 e. The van der Waals surface area contributed by atoms with Gasteiger partial charge in [0.05, 0.1) is 10.1 Å². The highest BCUT2D eigenvalue weighted by atomic mass is 32.1. The summed E-state index contributed by atoms with van der Waals surface area (Å²) in [7, 11) is 0. The molecule has 0 atom stereocenters. The zero-order valence-corrected chi connectivity index (χ0v) is 19.0. The van der Waals surface area contributed by atoms with Gasteiger partial charge in [-0.05, 0) is 46.7 Å². The van der Waals surface area contributed by atoms with E-state index < -0.39 is 5.97 Å². The van der Waals surface area contributed by atoms with Gasteiger partial charge in [0.25, 0.3) is 5.56 Å². The largest absolute Gasteiger partial charge is 0.490 e. The number of carbonyl (C=O) groups is 1. The van der Waals surface area contributed by atoms with E-state index in [0.29, 0.717) is 33.2 Å². The fourth-order valence-corrected chi connectivity index (χ4v) is 4.46. The highest BCUT2D eigenvalue weighted by Crippen LogP contribution is 2.33. The first-order chi connectivity index (χ1) is 16.5. The van der Waals surface area contributed by atoms with Crippen molar-refractivity contribution in [2.24, 2.45) is 0 Å². The second-order valence-electron chi connectivity index (χ2n) is 7.50. The Morgan fingerprint density at radius 1 is 1.12 bits per heavy atom. The molecule has 0 aliphatic rings. The van der Waals surface area contributed by atoms with Crippen molar-refractivity contribution in [1.29, 1.82) is 0 Å². The van der Waals surface area contributed by atoms with Crippen LogP contribution in [-0.4, -0.2) is 27.2 Å². The maximum atomic E-state index is 13.0. The van der Waals surface area contributed by atoms with Gasteiger partial charge in [0.2, 0.25) is 4.96 Å². The Morgan fingerprint density at radius 3 is 2.53 bits per heavy atom. The fraction of sp³-hybridized carbons (Fsp3) is 0.0769. The lowest BCUT2D eigenvalue weighted by Crippen LogP contribution is -2.23. The first-order valence-corrected chi connectivity index (χ1v) is 11.3. The third-order valence-corrected chi connectivity index (χ3v) is 6.03. The van der Waals surface area contributed by atoms with Crippen LogP contribution in [0.2, 0.25) is 0 Å². The number of nitrogens with zero attached hydrogens (tertiary/aromatic N) is 3. The lowest BCUT2D eigenvalue weighted by molar-refractivity contribution is -0.131. The average Bonchev–Trinajstić information content (AvgIpc) is 3.37. The number of carbonyl (C=O) groups excluding carboxylic acids is 1. The van der Waals surface area contributed by atoms with E-state index in [0.717, 1.165) is 22.1 Å². The van der Waals surface area contributed by atoms with E-state index >= 15 is 0 Å². The summed E-state index contributed by atoms with van der Waals surface area (Å²) in [5, 5.41) is 6.30. The number of rotatable bonds is 6. The Labute approximate surface area is 198 Å². The standard InChI is InChI=1S/C26H19N3O4S/c1-3-12-32-20-10-8-17(9-11-20)13-23-25(31)29-26(34-23)27-24(28-29)21-14-18-6-4-5-7-19(18)15-22(21)33-16(2)30/h3-11,13-15H,1,12H2,2H3/b23-13+. The van der Waals surface area contributed by atoms with E-state index in [1.165, 1.54) is 22.8 Å². The Bertz CT molecular complexity index is 1650. The summed E-state index contributed by atoms with van der Waals surface area (Å²) in [5.74, 6) is 0.952. The topological polar surface area (TPSA) is 82.8 Å². The Morgan fingerprint density at radius 2 is 1.85 bits per heavy atom. The predicted molar refractivity (Wildman–Crippen MR) is 132 cm³/mol. The van der Waals surface area contributed by atoms with Gasteiger partial charge in [0.15, 0.2) is 5.82 Å². The minimum absolute atomic E-state index is 0.263. The molecule has 2 aromatic heterocycles. The van der Waals surface area contributed by atoms with Crippen molar-refractivity contribution >= 4 is 39.1 Å². The van der Waals surface area contributed by atoms with Gasteiger partial charge in [-0.15, -0.1) is 5.10 Å². The zero-order chi connectivity index (χ0) is 23.7. The van der Waals surface area contributed by atoms with Crippen LogP contribution < -0.4 is 19.6 Å². The highest BCUT2D eigenvalue weighted by molar-refractivity contribution is 7.15. The normalized spacial score (nSPS) is 11.7. The summed E-state index contributed by atoms with van der Waals surface area (Å²) >= 11 is 1.24. The Kier molecular flexibility index (Phi) is 5.65. The molecule has 0 aliphatic carbocycles. The summed E-state index contributed by atoms with van der Waals surface area (Å²) in [5.41, 5.74) is 1.14. The summed E-state index contributed by atoms with van der Waals surface area (Å²) in [6.45, 7) is 5.40. The molecular formula is C26H19N3O4S. The van der Waals surface area contributed by atoms with Gasteiger partial charge in [0.1, 0.15) is 18.1 Å². The van der Waals surface area contributed by atoms with E-state index in [1.54, 1.807) is 18.2 Å². The van der Waals surface area contributed by atoms with E-state index in [1.807, 2.05) is 54.6 Å². The van der Waals surface area contributed by atoms with Crippen LogP contribution in [0.5, 0.6) is 11.5 Å². The monoisotopic (exact) mass is 469 g/mol. The smallest absolute Gasteiger partial charge is 0.308 e. The van der Waals surface area contributed by atoms with Gasteiger partial charge >= 0.3 is 5.97 Å². The number of benzene rings is 3. The molecule has 34 heavy (non-hydrogen) atoms. The lowest BCUT2D eigenvalue weighted by atomic mass is 10.1. The number of fused-ring (bicyclic) bond motifs is 2. The molecule has 0 saturated heterocycles. The van der Waals surface area contributed by atoms with Crippen LogP contribution in [0.15, 0.2) is 78.1 Å². The van der Waals surface area contributed by atoms with Crippen LogP contribution in [0, 0.1) is 0 Å². The molecule has 0 fully saturated rings. The quantitative estimate of drug-likeness (QED) is 0.212. The number of hydrogen-bond acceptors (Lipinski definition) is 7. The molecule has 0 amide bonds. The average molecular weight is 470 g/mol. The van der Waals surface area contributed by atoms with Crippen LogP contribution >= 0.6 is 11.3 Å². The maximum absolute atomic E-state index is 13.0. The van der Waals surface area contributed by atoms with Crippen LogP contribution in [0.25, 0.3) is 33.2 Å². The van der Waals surface area contributed by atoms with E-state index in [-0.39, 0.29) is 5.56 Å². The van der Waals surface area contributed by atoms with Crippen molar-refractivity contribution in [2.75, 3.05) is 6.61 Å². The number of ether oxygens (including phenoxy) is 2. The Balaban J connectivity index is 1.55. The lowest BCUT2D eigenvalue weighted by Gasteiger charge is -2.08. The fourth-order valence-electron chi connectivity index (χ4n) is 3.55. The molecule has 8 heteroatoms. The van der Waals surface area contributed by atoms with Gasteiger partial charge < -0.3 is 9.47 Å². The molecule has 0 bridgehead atoms. The van der Waals surface area contributed by atoms with Crippen LogP contribution in [0.4, 0.5) is 0 Å². The van der Waals surface area contributed by atoms with E-state index in [2.05, 4.69) is 16.7 Å². The van der Waals surface area contributed by atoms with Crippen molar-refractivity contribution in [3.8, 4) is 22.9 Å². The third-order valence-electron chi connectivity index (χ3n) is 5.07.